The number of fused-ring (bicyclic) bond motifs is 1. The molecule has 8 heteroatoms. The summed E-state index contributed by atoms with van der Waals surface area (Å²) in [5.41, 5.74) is 4.34. The number of rotatable bonds is 4. The van der Waals surface area contributed by atoms with Crippen molar-refractivity contribution in [2.24, 2.45) is 0 Å². The van der Waals surface area contributed by atoms with E-state index in [0.717, 1.165) is 60.8 Å². The molecule has 1 aromatic carbocycles. The van der Waals surface area contributed by atoms with Gasteiger partial charge in [0.2, 0.25) is 10.0 Å². The molecular weight excluding hydrogens is 398 g/mol. The minimum Gasteiger partial charge on any atom is -0.373 e. The summed E-state index contributed by atoms with van der Waals surface area (Å²) in [6, 6.07) is 5.37. The van der Waals surface area contributed by atoms with Crippen molar-refractivity contribution in [1.82, 2.24) is 19.2 Å². The van der Waals surface area contributed by atoms with Crippen LogP contribution in [-0.4, -0.2) is 61.3 Å². The second-order valence-electron chi connectivity index (χ2n) is 8.54. The van der Waals surface area contributed by atoms with Crippen molar-refractivity contribution >= 4 is 15.8 Å². The first-order chi connectivity index (χ1) is 14.3. The number of aromatic nitrogens is 2. The smallest absolute Gasteiger partial charge is 0.243 e. The average Bonchev–Trinajstić information content (AvgIpc) is 2.74. The Morgan fingerprint density at radius 2 is 1.93 bits per heavy atom. The van der Waals surface area contributed by atoms with Crippen molar-refractivity contribution in [1.29, 1.82) is 0 Å². The first-order valence-corrected chi connectivity index (χ1v) is 12.1. The van der Waals surface area contributed by atoms with E-state index in [9.17, 15) is 8.42 Å². The van der Waals surface area contributed by atoms with Gasteiger partial charge in [-0.25, -0.2) is 18.4 Å². The molecule has 0 saturated carbocycles. The van der Waals surface area contributed by atoms with Gasteiger partial charge in [-0.15, -0.1) is 0 Å². The summed E-state index contributed by atoms with van der Waals surface area (Å²) in [5.74, 6) is 1.65. The number of piperidine rings is 1. The van der Waals surface area contributed by atoms with Crippen molar-refractivity contribution in [3.05, 3.63) is 46.4 Å². The van der Waals surface area contributed by atoms with Crippen LogP contribution in [0.25, 0.3) is 0 Å². The summed E-state index contributed by atoms with van der Waals surface area (Å²) in [5, 5.41) is 3.23. The van der Waals surface area contributed by atoms with Crippen LogP contribution < -0.4 is 5.32 Å². The van der Waals surface area contributed by atoms with Crippen molar-refractivity contribution in [3.8, 4) is 0 Å². The number of nitrogens with one attached hydrogen (secondary N) is 1. The maximum absolute atomic E-state index is 13.3. The minimum atomic E-state index is -3.53. The van der Waals surface area contributed by atoms with Crippen LogP contribution in [0.4, 0.5) is 5.82 Å². The third-order valence-electron chi connectivity index (χ3n) is 6.38. The Balaban J connectivity index is 1.63. The Bertz CT molecular complexity index is 1050. The van der Waals surface area contributed by atoms with Crippen molar-refractivity contribution in [2.45, 2.75) is 50.5 Å². The minimum absolute atomic E-state index is 0.00435. The van der Waals surface area contributed by atoms with E-state index in [4.69, 9.17) is 9.97 Å². The summed E-state index contributed by atoms with van der Waals surface area (Å²) in [4.78, 5) is 12.3. The lowest BCUT2D eigenvalue weighted by atomic mass is 9.97. The molecule has 1 atom stereocenters. The van der Waals surface area contributed by atoms with Crippen molar-refractivity contribution in [2.75, 3.05) is 39.0 Å². The highest BCUT2D eigenvalue weighted by atomic mass is 32.2. The molecule has 4 rings (SSSR count). The highest BCUT2D eigenvalue weighted by molar-refractivity contribution is 7.89. The molecule has 0 unspecified atom stereocenters. The zero-order chi connectivity index (χ0) is 21.5. The normalized spacial score (nSPS) is 20.7. The second kappa shape index (κ2) is 8.24. The lowest BCUT2D eigenvalue weighted by molar-refractivity contribution is 0.297. The Morgan fingerprint density at radius 1 is 1.13 bits per heavy atom. The molecule has 1 N–H and O–H groups in total. The number of benzene rings is 1. The van der Waals surface area contributed by atoms with Gasteiger partial charge < -0.3 is 10.2 Å². The van der Waals surface area contributed by atoms with Gasteiger partial charge in [-0.2, -0.15) is 4.31 Å². The van der Waals surface area contributed by atoms with Crippen LogP contribution in [0.2, 0.25) is 0 Å². The molecule has 0 bridgehead atoms. The lowest BCUT2D eigenvalue weighted by Crippen LogP contribution is -2.40. The molecule has 0 aliphatic carbocycles. The summed E-state index contributed by atoms with van der Waals surface area (Å²) in [6.45, 7) is 6.70. The number of aryl methyl sites for hydroxylation is 2. The van der Waals surface area contributed by atoms with E-state index in [1.165, 1.54) is 5.56 Å². The molecule has 0 spiro atoms. The molecule has 162 valence electrons. The third-order valence-corrected chi connectivity index (χ3v) is 8.24. The maximum Gasteiger partial charge on any atom is 0.243 e. The molecule has 2 aromatic rings. The van der Waals surface area contributed by atoms with Crippen LogP contribution in [0.15, 0.2) is 23.1 Å². The Morgan fingerprint density at radius 3 is 2.67 bits per heavy atom. The summed E-state index contributed by atoms with van der Waals surface area (Å²) in [6.07, 6.45) is 2.64. The van der Waals surface area contributed by atoms with Gasteiger partial charge >= 0.3 is 0 Å². The van der Waals surface area contributed by atoms with E-state index in [0.29, 0.717) is 18.0 Å². The van der Waals surface area contributed by atoms with E-state index >= 15 is 0 Å². The third kappa shape index (κ3) is 3.96. The number of anilines is 1. The van der Waals surface area contributed by atoms with Crippen molar-refractivity contribution in [3.63, 3.8) is 0 Å². The topological polar surface area (TPSA) is 78.4 Å². The van der Waals surface area contributed by atoms with Gasteiger partial charge in [0.05, 0.1) is 10.6 Å². The summed E-state index contributed by atoms with van der Waals surface area (Å²) >= 11 is 0. The predicted octanol–water partition coefficient (Wildman–Crippen LogP) is 2.69. The molecule has 1 aromatic heterocycles. The van der Waals surface area contributed by atoms with Gasteiger partial charge in [-0.1, -0.05) is 6.07 Å². The monoisotopic (exact) mass is 429 g/mol. The fourth-order valence-corrected chi connectivity index (χ4v) is 5.97. The molecule has 1 saturated heterocycles. The van der Waals surface area contributed by atoms with Gasteiger partial charge in [-0.05, 0) is 63.4 Å². The first kappa shape index (κ1) is 21.2. The molecule has 1 fully saturated rings. The van der Waals surface area contributed by atoms with Gasteiger partial charge in [0, 0.05) is 44.7 Å². The number of nitrogens with zero attached hydrogens (tertiary/aromatic N) is 4. The average molecular weight is 430 g/mol. The fraction of sp³-hybridized carbons (Fsp3) is 0.545. The van der Waals surface area contributed by atoms with Crippen LogP contribution >= 0.6 is 0 Å². The molecule has 3 heterocycles. The highest BCUT2D eigenvalue weighted by Gasteiger charge is 2.33. The Kier molecular flexibility index (Phi) is 5.83. The molecule has 30 heavy (non-hydrogen) atoms. The molecule has 2 aliphatic rings. The van der Waals surface area contributed by atoms with Crippen LogP contribution in [0.5, 0.6) is 0 Å². The molecule has 2 aliphatic heterocycles. The summed E-state index contributed by atoms with van der Waals surface area (Å²) in [7, 11) is 0.460. The zero-order valence-corrected chi connectivity index (χ0v) is 19.1. The molecule has 7 nitrogen and oxygen atoms in total. The maximum atomic E-state index is 13.3. The van der Waals surface area contributed by atoms with E-state index in [2.05, 4.69) is 17.3 Å². The lowest BCUT2D eigenvalue weighted by Gasteiger charge is -2.32. The molecular formula is C22H31N5O2S. The van der Waals surface area contributed by atoms with Gasteiger partial charge in [-0.3, -0.25) is 0 Å². The van der Waals surface area contributed by atoms with Crippen LogP contribution in [-0.2, 0) is 23.0 Å². The van der Waals surface area contributed by atoms with Crippen LogP contribution in [0.3, 0.4) is 0 Å². The van der Waals surface area contributed by atoms with Gasteiger partial charge in [0.15, 0.2) is 0 Å². The van der Waals surface area contributed by atoms with Crippen LogP contribution in [0.1, 0.15) is 47.0 Å². The van der Waals surface area contributed by atoms with E-state index in [1.54, 1.807) is 16.4 Å². The zero-order valence-electron chi connectivity index (χ0n) is 18.3. The quantitative estimate of drug-likeness (QED) is 0.805. The van der Waals surface area contributed by atoms with Crippen LogP contribution in [0, 0.1) is 13.8 Å². The van der Waals surface area contributed by atoms with Gasteiger partial charge in [0.1, 0.15) is 11.6 Å². The van der Waals surface area contributed by atoms with E-state index < -0.39 is 10.0 Å². The number of hydrogen-bond donors (Lipinski definition) is 1. The largest absolute Gasteiger partial charge is 0.373 e. The number of sulfonamides is 1. The summed E-state index contributed by atoms with van der Waals surface area (Å²) < 4.78 is 28.2. The van der Waals surface area contributed by atoms with E-state index in [-0.39, 0.29) is 5.92 Å². The second-order valence-corrected chi connectivity index (χ2v) is 10.5. The standard InChI is InChI=1S/C22H31N5O2S/c1-15-7-8-18(12-16(15)2)30(28,29)27-10-5-6-17(13-27)21-24-20-14-26(4)11-9-19(20)22(23-3)25-21/h7-8,12,17H,5-6,9-11,13-14H2,1-4H3,(H,23,24,25)/t17-/m1/s1. The molecule has 0 radical (unpaired) electrons. The number of likely N-dealkylation sites (N-methyl/N-ethyl adjacent to an activating group) is 1. The fourth-order valence-electron chi connectivity index (χ4n) is 4.36. The predicted molar refractivity (Wildman–Crippen MR) is 118 cm³/mol. The van der Waals surface area contributed by atoms with Gasteiger partial charge in [0.25, 0.3) is 0 Å². The highest BCUT2D eigenvalue weighted by Crippen LogP contribution is 2.32. The number of hydrogen-bond acceptors (Lipinski definition) is 6. The van der Waals surface area contributed by atoms with Crippen molar-refractivity contribution < 1.29 is 8.42 Å². The Hall–Kier alpha value is -2.03. The molecule has 0 amide bonds. The Labute approximate surface area is 179 Å². The SMILES string of the molecule is CNc1nc([C@@H]2CCCN(S(=O)(=O)c3ccc(C)c(C)c3)C2)nc2c1CCN(C)C2. The van der Waals surface area contributed by atoms with E-state index in [1.807, 2.05) is 27.0 Å². The first-order valence-electron chi connectivity index (χ1n) is 10.6.